The van der Waals surface area contributed by atoms with E-state index < -0.39 is 5.60 Å². The fourth-order valence-electron chi connectivity index (χ4n) is 2.15. The zero-order valence-corrected chi connectivity index (χ0v) is 12.1. The SMILES string of the molecule is CC(C)(O)CCNC(c1ccccc1)c1ccncc1. The van der Waals surface area contributed by atoms with Crippen LogP contribution in [0.4, 0.5) is 0 Å². The van der Waals surface area contributed by atoms with Gasteiger partial charge in [-0.1, -0.05) is 30.3 Å². The van der Waals surface area contributed by atoms with Gasteiger partial charge in [0, 0.05) is 12.4 Å². The number of nitrogens with one attached hydrogen (secondary N) is 1. The van der Waals surface area contributed by atoms with E-state index in [1.165, 1.54) is 11.1 Å². The molecular formula is C17H22N2O. The minimum absolute atomic E-state index is 0.126. The Labute approximate surface area is 120 Å². The first-order valence-electron chi connectivity index (χ1n) is 6.97. The first-order chi connectivity index (χ1) is 9.56. The lowest BCUT2D eigenvalue weighted by atomic mass is 9.98. The molecule has 0 aliphatic carbocycles. The molecule has 106 valence electrons. The molecule has 1 atom stereocenters. The van der Waals surface area contributed by atoms with E-state index in [2.05, 4.69) is 22.4 Å². The number of hydrogen-bond acceptors (Lipinski definition) is 3. The predicted octanol–water partition coefficient (Wildman–Crippen LogP) is 2.92. The molecule has 0 fully saturated rings. The van der Waals surface area contributed by atoms with Gasteiger partial charge in [0.1, 0.15) is 0 Å². The lowest BCUT2D eigenvalue weighted by Crippen LogP contribution is -2.30. The second-order valence-corrected chi connectivity index (χ2v) is 5.64. The van der Waals surface area contributed by atoms with Crippen molar-refractivity contribution in [2.24, 2.45) is 0 Å². The summed E-state index contributed by atoms with van der Waals surface area (Å²) < 4.78 is 0. The fraction of sp³-hybridized carbons (Fsp3) is 0.353. The van der Waals surface area contributed by atoms with E-state index in [4.69, 9.17) is 0 Å². The molecule has 0 saturated heterocycles. The molecule has 0 radical (unpaired) electrons. The van der Waals surface area contributed by atoms with Crippen LogP contribution in [-0.2, 0) is 0 Å². The first-order valence-corrected chi connectivity index (χ1v) is 6.97. The molecule has 0 aliphatic heterocycles. The van der Waals surface area contributed by atoms with Crippen LogP contribution in [-0.4, -0.2) is 22.2 Å². The van der Waals surface area contributed by atoms with Crippen molar-refractivity contribution in [1.29, 1.82) is 0 Å². The van der Waals surface area contributed by atoms with Crippen LogP contribution in [0.25, 0.3) is 0 Å². The standard InChI is InChI=1S/C17H22N2O/c1-17(2,20)10-13-19-16(14-6-4-3-5-7-14)15-8-11-18-12-9-15/h3-9,11-12,16,19-20H,10,13H2,1-2H3. The number of aromatic nitrogens is 1. The molecule has 0 saturated carbocycles. The topological polar surface area (TPSA) is 45.1 Å². The highest BCUT2D eigenvalue weighted by atomic mass is 16.3. The monoisotopic (exact) mass is 270 g/mol. The van der Waals surface area contributed by atoms with Crippen molar-refractivity contribution in [3.8, 4) is 0 Å². The molecule has 1 heterocycles. The second-order valence-electron chi connectivity index (χ2n) is 5.64. The lowest BCUT2D eigenvalue weighted by Gasteiger charge is -2.23. The van der Waals surface area contributed by atoms with Crippen molar-refractivity contribution >= 4 is 0 Å². The summed E-state index contributed by atoms with van der Waals surface area (Å²) in [5, 5.41) is 13.3. The van der Waals surface area contributed by atoms with Crippen molar-refractivity contribution in [2.75, 3.05) is 6.54 Å². The normalized spacial score (nSPS) is 13.2. The molecule has 2 aromatic rings. The molecule has 2 N–H and O–H groups in total. The van der Waals surface area contributed by atoms with Gasteiger partial charge in [0.15, 0.2) is 0 Å². The molecule has 1 aromatic carbocycles. The Morgan fingerprint density at radius 2 is 1.65 bits per heavy atom. The maximum Gasteiger partial charge on any atom is 0.0603 e. The van der Waals surface area contributed by atoms with Crippen molar-refractivity contribution in [1.82, 2.24) is 10.3 Å². The Kier molecular flexibility index (Phi) is 4.88. The van der Waals surface area contributed by atoms with Gasteiger partial charge in [-0.15, -0.1) is 0 Å². The van der Waals surface area contributed by atoms with Crippen molar-refractivity contribution in [3.05, 3.63) is 66.0 Å². The van der Waals surface area contributed by atoms with Gasteiger partial charge in [-0.2, -0.15) is 0 Å². The number of rotatable bonds is 6. The Hall–Kier alpha value is -1.71. The van der Waals surface area contributed by atoms with Gasteiger partial charge in [0.25, 0.3) is 0 Å². The highest BCUT2D eigenvalue weighted by Crippen LogP contribution is 2.21. The van der Waals surface area contributed by atoms with Crippen LogP contribution < -0.4 is 5.32 Å². The van der Waals surface area contributed by atoms with Crippen LogP contribution in [0.2, 0.25) is 0 Å². The summed E-state index contributed by atoms with van der Waals surface area (Å²) in [7, 11) is 0. The fourth-order valence-corrected chi connectivity index (χ4v) is 2.15. The van der Waals surface area contributed by atoms with Crippen LogP contribution >= 0.6 is 0 Å². The second kappa shape index (κ2) is 6.64. The summed E-state index contributed by atoms with van der Waals surface area (Å²) in [5.74, 6) is 0. The van der Waals surface area contributed by atoms with Gasteiger partial charge < -0.3 is 10.4 Å². The first kappa shape index (κ1) is 14.7. The molecule has 1 aromatic heterocycles. The molecule has 1 unspecified atom stereocenters. The summed E-state index contributed by atoms with van der Waals surface area (Å²) in [6, 6.07) is 14.5. The number of hydrogen-bond donors (Lipinski definition) is 2. The molecular weight excluding hydrogens is 248 g/mol. The van der Waals surface area contributed by atoms with Gasteiger partial charge in [-0.3, -0.25) is 4.98 Å². The molecule has 2 rings (SSSR count). The summed E-state index contributed by atoms with van der Waals surface area (Å²) in [6.45, 7) is 4.42. The van der Waals surface area contributed by atoms with E-state index in [-0.39, 0.29) is 6.04 Å². The zero-order chi connectivity index (χ0) is 14.4. The molecule has 0 spiro atoms. The average Bonchev–Trinajstić information content (AvgIpc) is 2.44. The van der Waals surface area contributed by atoms with Crippen LogP contribution in [0.3, 0.4) is 0 Å². The van der Waals surface area contributed by atoms with Crippen molar-refractivity contribution in [3.63, 3.8) is 0 Å². The minimum Gasteiger partial charge on any atom is -0.390 e. The highest BCUT2D eigenvalue weighted by Gasteiger charge is 2.16. The van der Waals surface area contributed by atoms with Gasteiger partial charge in [-0.05, 0) is 50.1 Å². The van der Waals surface area contributed by atoms with Crippen LogP contribution in [0.15, 0.2) is 54.9 Å². The average molecular weight is 270 g/mol. The van der Waals surface area contributed by atoms with Crippen molar-refractivity contribution < 1.29 is 5.11 Å². The van der Waals surface area contributed by atoms with Crippen LogP contribution in [0.5, 0.6) is 0 Å². The molecule has 0 amide bonds. The van der Waals surface area contributed by atoms with Gasteiger partial charge in [0.2, 0.25) is 0 Å². The molecule has 0 aliphatic rings. The smallest absolute Gasteiger partial charge is 0.0603 e. The predicted molar refractivity (Wildman–Crippen MR) is 81.4 cm³/mol. The third-order valence-corrected chi connectivity index (χ3v) is 3.26. The minimum atomic E-state index is -0.646. The molecule has 3 nitrogen and oxygen atoms in total. The lowest BCUT2D eigenvalue weighted by molar-refractivity contribution is 0.0707. The Morgan fingerprint density at radius 3 is 2.25 bits per heavy atom. The largest absolute Gasteiger partial charge is 0.390 e. The van der Waals surface area contributed by atoms with E-state index in [0.29, 0.717) is 6.42 Å². The van der Waals surface area contributed by atoms with E-state index in [1.54, 1.807) is 0 Å². The zero-order valence-electron chi connectivity index (χ0n) is 12.1. The maximum absolute atomic E-state index is 9.82. The highest BCUT2D eigenvalue weighted by molar-refractivity contribution is 5.30. The van der Waals surface area contributed by atoms with Crippen LogP contribution in [0.1, 0.15) is 37.4 Å². The van der Waals surface area contributed by atoms with E-state index in [9.17, 15) is 5.11 Å². The molecule has 20 heavy (non-hydrogen) atoms. The van der Waals surface area contributed by atoms with E-state index >= 15 is 0 Å². The summed E-state index contributed by atoms with van der Waals surface area (Å²) in [5.41, 5.74) is 1.75. The number of nitrogens with zero attached hydrogens (tertiary/aromatic N) is 1. The van der Waals surface area contributed by atoms with E-state index in [0.717, 1.165) is 6.54 Å². The summed E-state index contributed by atoms with van der Waals surface area (Å²) in [4.78, 5) is 4.07. The van der Waals surface area contributed by atoms with Gasteiger partial charge in [-0.25, -0.2) is 0 Å². The Balaban J connectivity index is 2.13. The maximum atomic E-state index is 9.82. The summed E-state index contributed by atoms with van der Waals surface area (Å²) in [6.07, 6.45) is 4.33. The number of benzene rings is 1. The van der Waals surface area contributed by atoms with Crippen molar-refractivity contribution in [2.45, 2.75) is 31.9 Å². The molecule has 3 heteroatoms. The number of aliphatic hydroxyl groups is 1. The van der Waals surface area contributed by atoms with Crippen LogP contribution in [0, 0.1) is 0 Å². The third kappa shape index (κ3) is 4.44. The third-order valence-electron chi connectivity index (χ3n) is 3.26. The number of pyridine rings is 1. The Morgan fingerprint density at radius 1 is 1.05 bits per heavy atom. The Bertz CT molecular complexity index is 466. The van der Waals surface area contributed by atoms with Gasteiger partial charge in [0.05, 0.1) is 11.6 Å². The molecule has 0 bridgehead atoms. The van der Waals surface area contributed by atoms with E-state index in [1.807, 2.05) is 56.6 Å². The van der Waals surface area contributed by atoms with Gasteiger partial charge >= 0.3 is 0 Å². The summed E-state index contributed by atoms with van der Waals surface area (Å²) >= 11 is 0. The quantitative estimate of drug-likeness (QED) is 0.848.